The minimum Gasteiger partial charge on any atom is -0.496 e. The van der Waals surface area contributed by atoms with Crippen molar-refractivity contribution in [2.24, 2.45) is 0 Å². The van der Waals surface area contributed by atoms with Crippen molar-refractivity contribution >= 4 is 10.8 Å². The zero-order valence-electron chi connectivity index (χ0n) is 11.2. The molecule has 1 heterocycles. The van der Waals surface area contributed by atoms with E-state index in [4.69, 9.17) is 4.74 Å². The molecule has 1 N–H and O–H groups in total. The Labute approximate surface area is 117 Å². The van der Waals surface area contributed by atoms with E-state index in [9.17, 15) is 5.11 Å². The van der Waals surface area contributed by atoms with Crippen LogP contribution in [0.3, 0.4) is 0 Å². The molecule has 1 aromatic heterocycles. The Bertz CT molecular complexity index is 734. The average Bonchev–Trinajstić information content (AvgIpc) is 2.53. The fraction of sp³-hybridized carbons (Fsp3) is 0.118. The number of pyridine rings is 1. The zero-order valence-corrected chi connectivity index (χ0v) is 11.2. The van der Waals surface area contributed by atoms with E-state index in [1.54, 1.807) is 13.3 Å². The van der Waals surface area contributed by atoms with Gasteiger partial charge in [0.05, 0.1) is 12.8 Å². The number of nitrogens with zero attached hydrogens (tertiary/aromatic N) is 1. The molecule has 0 fully saturated rings. The van der Waals surface area contributed by atoms with Crippen LogP contribution in [0.5, 0.6) is 5.75 Å². The minimum atomic E-state index is -0.808. The Kier molecular flexibility index (Phi) is 3.35. The van der Waals surface area contributed by atoms with Crippen LogP contribution in [0.1, 0.15) is 17.4 Å². The third kappa shape index (κ3) is 2.12. The molecule has 0 aliphatic carbocycles. The number of aliphatic hydroxyl groups is 1. The standard InChI is InChI=1S/C17H15NO2/c1-20-15-9-5-4-8-14(15)17(19)16-13-7-3-2-6-12(13)10-11-18-16/h2-11,17,19H,1H3. The van der Waals surface area contributed by atoms with E-state index in [0.717, 1.165) is 16.3 Å². The number of hydrogen-bond acceptors (Lipinski definition) is 3. The molecule has 0 amide bonds. The molecule has 3 heteroatoms. The van der Waals surface area contributed by atoms with E-state index >= 15 is 0 Å². The largest absolute Gasteiger partial charge is 0.496 e. The van der Waals surface area contributed by atoms with Gasteiger partial charge in [0.2, 0.25) is 0 Å². The first-order chi connectivity index (χ1) is 9.81. The molecule has 0 radical (unpaired) electrons. The number of hydrogen-bond donors (Lipinski definition) is 1. The van der Waals surface area contributed by atoms with E-state index in [1.807, 2.05) is 54.6 Å². The summed E-state index contributed by atoms with van der Waals surface area (Å²) in [4.78, 5) is 4.35. The van der Waals surface area contributed by atoms with Gasteiger partial charge in [0, 0.05) is 17.1 Å². The lowest BCUT2D eigenvalue weighted by atomic mass is 10.0. The number of aromatic nitrogens is 1. The molecule has 3 aromatic rings. The summed E-state index contributed by atoms with van der Waals surface area (Å²) in [6.07, 6.45) is 0.910. The van der Waals surface area contributed by atoms with E-state index < -0.39 is 6.10 Å². The molecule has 0 aliphatic rings. The predicted octanol–water partition coefficient (Wildman–Crippen LogP) is 3.33. The van der Waals surface area contributed by atoms with Crippen molar-refractivity contribution in [2.75, 3.05) is 7.11 Å². The van der Waals surface area contributed by atoms with Crippen LogP contribution >= 0.6 is 0 Å². The van der Waals surface area contributed by atoms with Gasteiger partial charge in [-0.3, -0.25) is 4.98 Å². The smallest absolute Gasteiger partial charge is 0.125 e. The highest BCUT2D eigenvalue weighted by Gasteiger charge is 2.18. The molecule has 3 nitrogen and oxygen atoms in total. The lowest BCUT2D eigenvalue weighted by Gasteiger charge is -2.15. The van der Waals surface area contributed by atoms with Crippen LogP contribution in [0.2, 0.25) is 0 Å². The summed E-state index contributed by atoms with van der Waals surface area (Å²) in [5.74, 6) is 0.662. The maximum atomic E-state index is 10.7. The molecule has 1 atom stereocenters. The van der Waals surface area contributed by atoms with Crippen molar-refractivity contribution in [3.8, 4) is 5.75 Å². The summed E-state index contributed by atoms with van der Waals surface area (Å²) in [5.41, 5.74) is 1.37. The number of methoxy groups -OCH3 is 1. The quantitative estimate of drug-likeness (QED) is 0.790. The van der Waals surface area contributed by atoms with Crippen molar-refractivity contribution in [1.29, 1.82) is 0 Å². The second kappa shape index (κ2) is 5.31. The second-order valence-electron chi connectivity index (χ2n) is 4.56. The number of benzene rings is 2. The van der Waals surface area contributed by atoms with Gasteiger partial charge in [0.1, 0.15) is 11.9 Å². The molecule has 1 unspecified atom stereocenters. The molecule has 0 aliphatic heterocycles. The molecular weight excluding hydrogens is 250 g/mol. The van der Waals surface area contributed by atoms with Crippen molar-refractivity contribution in [1.82, 2.24) is 4.98 Å². The Morgan fingerprint density at radius 3 is 2.60 bits per heavy atom. The summed E-state index contributed by atoms with van der Waals surface area (Å²) < 4.78 is 5.31. The van der Waals surface area contributed by atoms with Crippen LogP contribution in [0, 0.1) is 0 Å². The van der Waals surface area contributed by atoms with Gasteiger partial charge in [-0.15, -0.1) is 0 Å². The summed E-state index contributed by atoms with van der Waals surface area (Å²) >= 11 is 0. The van der Waals surface area contributed by atoms with Crippen molar-refractivity contribution in [3.63, 3.8) is 0 Å². The van der Waals surface area contributed by atoms with Crippen LogP contribution in [-0.4, -0.2) is 17.2 Å². The third-order valence-electron chi connectivity index (χ3n) is 3.40. The van der Waals surface area contributed by atoms with E-state index in [0.29, 0.717) is 11.4 Å². The van der Waals surface area contributed by atoms with Crippen LogP contribution < -0.4 is 4.74 Å². The predicted molar refractivity (Wildman–Crippen MR) is 78.8 cm³/mol. The van der Waals surface area contributed by atoms with Gasteiger partial charge in [-0.25, -0.2) is 0 Å². The first kappa shape index (κ1) is 12.6. The third-order valence-corrected chi connectivity index (χ3v) is 3.40. The Morgan fingerprint density at radius 2 is 1.75 bits per heavy atom. The first-order valence-electron chi connectivity index (χ1n) is 6.46. The Hall–Kier alpha value is -2.39. The van der Waals surface area contributed by atoms with Gasteiger partial charge in [0.25, 0.3) is 0 Å². The molecule has 0 bridgehead atoms. The second-order valence-corrected chi connectivity index (χ2v) is 4.56. The first-order valence-corrected chi connectivity index (χ1v) is 6.46. The van der Waals surface area contributed by atoms with Crippen molar-refractivity contribution in [3.05, 3.63) is 72.1 Å². The maximum absolute atomic E-state index is 10.7. The monoisotopic (exact) mass is 265 g/mol. The Morgan fingerprint density at radius 1 is 1.00 bits per heavy atom. The van der Waals surface area contributed by atoms with Gasteiger partial charge in [-0.1, -0.05) is 42.5 Å². The number of fused-ring (bicyclic) bond motifs is 1. The van der Waals surface area contributed by atoms with E-state index in [2.05, 4.69) is 4.98 Å². The SMILES string of the molecule is COc1ccccc1C(O)c1nccc2ccccc12. The highest BCUT2D eigenvalue weighted by molar-refractivity contribution is 5.85. The fourth-order valence-corrected chi connectivity index (χ4v) is 2.40. The summed E-state index contributed by atoms with van der Waals surface area (Å²) in [6.45, 7) is 0. The van der Waals surface area contributed by atoms with E-state index in [1.165, 1.54) is 0 Å². The topological polar surface area (TPSA) is 42.4 Å². The van der Waals surface area contributed by atoms with Crippen LogP contribution in [0.25, 0.3) is 10.8 Å². The molecule has 3 rings (SSSR count). The maximum Gasteiger partial charge on any atom is 0.125 e. The molecule has 0 spiro atoms. The number of ether oxygens (including phenoxy) is 1. The molecule has 20 heavy (non-hydrogen) atoms. The van der Waals surface area contributed by atoms with Crippen molar-refractivity contribution < 1.29 is 9.84 Å². The Balaban J connectivity index is 2.15. The molecule has 100 valence electrons. The summed E-state index contributed by atoms with van der Waals surface area (Å²) in [7, 11) is 1.60. The summed E-state index contributed by atoms with van der Waals surface area (Å²) in [6, 6.07) is 17.3. The van der Waals surface area contributed by atoms with Gasteiger partial charge in [-0.2, -0.15) is 0 Å². The van der Waals surface area contributed by atoms with Crippen molar-refractivity contribution in [2.45, 2.75) is 6.10 Å². The zero-order chi connectivity index (χ0) is 13.9. The number of para-hydroxylation sites is 1. The molecular formula is C17H15NO2. The van der Waals surface area contributed by atoms with Gasteiger partial charge in [-0.05, 0) is 17.5 Å². The lowest BCUT2D eigenvalue weighted by Crippen LogP contribution is -2.05. The number of rotatable bonds is 3. The lowest BCUT2D eigenvalue weighted by molar-refractivity contribution is 0.211. The number of aliphatic hydroxyl groups excluding tert-OH is 1. The van der Waals surface area contributed by atoms with Crippen LogP contribution in [0.15, 0.2) is 60.8 Å². The summed E-state index contributed by atoms with van der Waals surface area (Å²) in [5, 5.41) is 12.7. The van der Waals surface area contributed by atoms with Gasteiger partial charge in [0.15, 0.2) is 0 Å². The van der Waals surface area contributed by atoms with Gasteiger partial charge < -0.3 is 9.84 Å². The average molecular weight is 265 g/mol. The molecule has 0 saturated heterocycles. The van der Waals surface area contributed by atoms with Crippen LogP contribution in [0.4, 0.5) is 0 Å². The molecule has 0 saturated carbocycles. The fourth-order valence-electron chi connectivity index (χ4n) is 2.40. The normalized spacial score (nSPS) is 12.3. The highest BCUT2D eigenvalue weighted by Crippen LogP contribution is 2.32. The van der Waals surface area contributed by atoms with Gasteiger partial charge >= 0.3 is 0 Å². The van der Waals surface area contributed by atoms with Crippen LogP contribution in [-0.2, 0) is 0 Å². The highest BCUT2D eigenvalue weighted by atomic mass is 16.5. The minimum absolute atomic E-state index is 0.646. The van der Waals surface area contributed by atoms with E-state index in [-0.39, 0.29) is 0 Å². The molecule has 2 aromatic carbocycles.